The van der Waals surface area contributed by atoms with Gasteiger partial charge in [-0.1, -0.05) is 30.3 Å². The maximum atomic E-state index is 12.8. The molecule has 0 spiro atoms. The lowest BCUT2D eigenvalue weighted by Gasteiger charge is -2.17. The smallest absolute Gasteiger partial charge is 0.251 e. The number of hydrogen-bond acceptors (Lipinski definition) is 6. The summed E-state index contributed by atoms with van der Waals surface area (Å²) in [5.74, 6) is 1.06. The Morgan fingerprint density at radius 1 is 0.927 bits per heavy atom. The van der Waals surface area contributed by atoms with Crippen molar-refractivity contribution in [2.75, 3.05) is 6.61 Å². The summed E-state index contributed by atoms with van der Waals surface area (Å²) in [5.41, 5.74) is 5.85. The minimum Gasteiger partial charge on any atom is -0.475 e. The van der Waals surface area contributed by atoms with Crippen LogP contribution >= 0.6 is 0 Å². The number of hydrogen-bond donors (Lipinski definition) is 1. The Hall–Kier alpha value is -5.11. The Balaban J connectivity index is 1.10. The molecule has 0 aliphatic heterocycles. The molecular formula is C33H28N6O2. The number of benzene rings is 2. The fourth-order valence-corrected chi connectivity index (χ4v) is 5.37. The molecule has 41 heavy (non-hydrogen) atoms. The third-order valence-electron chi connectivity index (χ3n) is 7.74. The van der Waals surface area contributed by atoms with Crippen LogP contribution in [0.1, 0.15) is 41.4 Å². The highest BCUT2D eigenvalue weighted by Crippen LogP contribution is 2.53. The Bertz CT molecular complexity index is 1860. The van der Waals surface area contributed by atoms with Crippen LogP contribution in [0.2, 0.25) is 0 Å². The molecule has 1 amide bonds. The van der Waals surface area contributed by atoms with Crippen molar-refractivity contribution in [3.8, 4) is 17.0 Å². The molecule has 1 saturated carbocycles. The van der Waals surface area contributed by atoms with E-state index in [0.717, 1.165) is 40.6 Å². The predicted octanol–water partition coefficient (Wildman–Crippen LogP) is 5.62. The lowest BCUT2D eigenvalue weighted by molar-refractivity contribution is 0.0926. The van der Waals surface area contributed by atoms with E-state index in [1.807, 2.05) is 68.0 Å². The molecule has 0 radical (unpaired) electrons. The predicted molar refractivity (Wildman–Crippen MR) is 157 cm³/mol. The van der Waals surface area contributed by atoms with E-state index in [0.29, 0.717) is 23.8 Å². The van der Waals surface area contributed by atoms with Gasteiger partial charge in [0, 0.05) is 52.8 Å². The molecule has 8 nitrogen and oxygen atoms in total. The number of nitrogens with zero attached hydrogens (tertiary/aromatic N) is 5. The van der Waals surface area contributed by atoms with Gasteiger partial charge in [0.05, 0.1) is 23.4 Å². The van der Waals surface area contributed by atoms with Crippen LogP contribution < -0.4 is 10.1 Å². The van der Waals surface area contributed by atoms with E-state index in [2.05, 4.69) is 60.1 Å². The normalized spacial score (nSPS) is 14.6. The number of pyridine rings is 2. The quantitative estimate of drug-likeness (QED) is 0.269. The summed E-state index contributed by atoms with van der Waals surface area (Å²) >= 11 is 0. The summed E-state index contributed by atoms with van der Waals surface area (Å²) in [5, 5.41) is 4.13. The van der Waals surface area contributed by atoms with Crippen LogP contribution in [0.5, 0.6) is 5.88 Å². The molecule has 6 aromatic rings. The van der Waals surface area contributed by atoms with Crippen molar-refractivity contribution in [2.45, 2.75) is 31.2 Å². The van der Waals surface area contributed by atoms with Crippen molar-refractivity contribution in [3.05, 3.63) is 121 Å². The number of rotatable bonds is 8. The second kappa shape index (κ2) is 10.1. The summed E-state index contributed by atoms with van der Waals surface area (Å²) in [6.45, 7) is 2.23. The largest absolute Gasteiger partial charge is 0.475 e. The Kier molecular flexibility index (Phi) is 6.15. The van der Waals surface area contributed by atoms with Gasteiger partial charge >= 0.3 is 0 Å². The zero-order chi connectivity index (χ0) is 27.8. The van der Waals surface area contributed by atoms with Crippen molar-refractivity contribution in [3.63, 3.8) is 0 Å². The monoisotopic (exact) mass is 540 g/mol. The molecular weight excluding hydrogens is 512 g/mol. The van der Waals surface area contributed by atoms with Gasteiger partial charge in [0.2, 0.25) is 11.7 Å². The molecule has 4 aromatic heterocycles. The topological polar surface area (TPSA) is 94.3 Å². The van der Waals surface area contributed by atoms with Gasteiger partial charge in [0.15, 0.2) is 0 Å². The zero-order valence-corrected chi connectivity index (χ0v) is 22.6. The lowest BCUT2D eigenvalue weighted by Crippen LogP contribution is -2.36. The second-order valence-electron chi connectivity index (χ2n) is 10.6. The maximum Gasteiger partial charge on any atom is 0.251 e. The fraction of sp³-hybridized carbons (Fsp3) is 0.182. The molecule has 4 heterocycles. The number of imidazole rings is 1. The molecule has 8 heteroatoms. The summed E-state index contributed by atoms with van der Waals surface area (Å²) in [6.07, 6.45) is 11.5. The molecule has 0 bridgehead atoms. The summed E-state index contributed by atoms with van der Waals surface area (Å²) < 4.78 is 7.76. The van der Waals surface area contributed by atoms with Crippen LogP contribution in [-0.4, -0.2) is 42.9 Å². The van der Waals surface area contributed by atoms with Crippen LogP contribution in [0, 0.1) is 0 Å². The SMILES string of the molecule is CC(COc1ccccn1)NC(=O)c1ccc(-c2cnc3ncc(C4(c5ccc6ncccc6c5)CC4)n3c2)cc1. The number of aromatic nitrogens is 5. The van der Waals surface area contributed by atoms with E-state index in [-0.39, 0.29) is 17.4 Å². The van der Waals surface area contributed by atoms with E-state index in [9.17, 15) is 4.79 Å². The number of carbonyl (C=O) groups excluding carboxylic acids is 1. The third-order valence-corrected chi connectivity index (χ3v) is 7.74. The van der Waals surface area contributed by atoms with E-state index >= 15 is 0 Å². The van der Waals surface area contributed by atoms with E-state index in [4.69, 9.17) is 4.74 Å². The van der Waals surface area contributed by atoms with Crippen LogP contribution in [0.4, 0.5) is 0 Å². The fourth-order valence-electron chi connectivity index (χ4n) is 5.37. The number of nitrogens with one attached hydrogen (secondary N) is 1. The van der Waals surface area contributed by atoms with E-state index < -0.39 is 0 Å². The molecule has 202 valence electrons. The molecule has 1 aliphatic carbocycles. The minimum absolute atomic E-state index is 0.0807. The third kappa shape index (κ3) is 4.78. The van der Waals surface area contributed by atoms with Gasteiger partial charge in [-0.3, -0.25) is 14.2 Å². The Labute approximate surface area is 237 Å². The summed E-state index contributed by atoms with van der Waals surface area (Å²) in [7, 11) is 0. The first kappa shape index (κ1) is 24.9. The first-order valence-corrected chi connectivity index (χ1v) is 13.7. The zero-order valence-electron chi connectivity index (χ0n) is 22.6. The van der Waals surface area contributed by atoms with Gasteiger partial charge in [-0.15, -0.1) is 0 Å². The Morgan fingerprint density at radius 2 is 1.76 bits per heavy atom. The molecule has 1 N–H and O–H groups in total. The lowest BCUT2D eigenvalue weighted by atomic mass is 9.91. The van der Waals surface area contributed by atoms with Crippen molar-refractivity contribution >= 4 is 22.6 Å². The maximum absolute atomic E-state index is 12.8. The van der Waals surface area contributed by atoms with Crippen LogP contribution in [0.3, 0.4) is 0 Å². The van der Waals surface area contributed by atoms with E-state index in [1.165, 1.54) is 5.56 Å². The first-order valence-electron chi connectivity index (χ1n) is 13.7. The average Bonchev–Trinajstić information content (AvgIpc) is 3.72. The summed E-state index contributed by atoms with van der Waals surface area (Å²) in [4.78, 5) is 30.7. The molecule has 1 atom stereocenters. The second-order valence-corrected chi connectivity index (χ2v) is 10.6. The molecule has 7 rings (SSSR count). The summed E-state index contributed by atoms with van der Waals surface area (Å²) in [6, 6.07) is 23.5. The standard InChI is InChI=1S/C33H28N6O2/c1-22(21-41-30-6-2-3-15-35-30)38-31(40)24-9-7-23(8-10-24)26-18-36-32-37-19-29(39(32)20-26)33(13-14-33)27-11-12-28-25(17-27)5-4-16-34-28/h2-12,15-20,22H,13-14,21H2,1H3,(H,38,40). The van der Waals surface area contributed by atoms with Gasteiger partial charge in [-0.2, -0.15) is 0 Å². The number of amides is 1. The highest BCUT2D eigenvalue weighted by atomic mass is 16.5. The van der Waals surface area contributed by atoms with E-state index in [1.54, 1.807) is 12.3 Å². The number of carbonyl (C=O) groups is 1. The highest BCUT2D eigenvalue weighted by Gasteiger charge is 2.48. The molecule has 1 unspecified atom stereocenters. The molecule has 1 aliphatic rings. The van der Waals surface area contributed by atoms with Gasteiger partial charge in [0.1, 0.15) is 6.61 Å². The van der Waals surface area contributed by atoms with Gasteiger partial charge < -0.3 is 10.1 Å². The minimum atomic E-state index is -0.177. The first-order chi connectivity index (χ1) is 20.1. The van der Waals surface area contributed by atoms with Crippen LogP contribution in [0.25, 0.3) is 27.8 Å². The molecule has 1 fully saturated rings. The van der Waals surface area contributed by atoms with Crippen molar-refractivity contribution in [1.29, 1.82) is 0 Å². The van der Waals surface area contributed by atoms with Crippen molar-refractivity contribution in [2.24, 2.45) is 0 Å². The average molecular weight is 541 g/mol. The molecule has 2 aromatic carbocycles. The van der Waals surface area contributed by atoms with Crippen molar-refractivity contribution < 1.29 is 9.53 Å². The number of fused-ring (bicyclic) bond motifs is 2. The van der Waals surface area contributed by atoms with Crippen LogP contribution in [-0.2, 0) is 5.41 Å². The van der Waals surface area contributed by atoms with Crippen molar-refractivity contribution in [1.82, 2.24) is 29.7 Å². The Morgan fingerprint density at radius 3 is 2.56 bits per heavy atom. The van der Waals surface area contributed by atoms with Gasteiger partial charge in [-0.25, -0.2) is 15.0 Å². The van der Waals surface area contributed by atoms with Crippen LogP contribution in [0.15, 0.2) is 104 Å². The highest BCUT2D eigenvalue weighted by molar-refractivity contribution is 5.94. The van der Waals surface area contributed by atoms with Gasteiger partial charge in [-0.05, 0) is 67.3 Å². The van der Waals surface area contributed by atoms with Gasteiger partial charge in [0.25, 0.3) is 5.91 Å². The molecule has 0 saturated heterocycles. The number of ether oxygens (including phenoxy) is 1.